The third-order valence-electron chi connectivity index (χ3n) is 3.59. The molecule has 0 bridgehead atoms. The van der Waals surface area contributed by atoms with Gasteiger partial charge >= 0.3 is 5.97 Å². The lowest BCUT2D eigenvalue weighted by atomic mass is 10.2. The predicted molar refractivity (Wildman–Crippen MR) is 104 cm³/mol. The molecule has 1 unspecified atom stereocenters. The van der Waals surface area contributed by atoms with Crippen LogP contribution < -0.4 is 15.4 Å². The van der Waals surface area contributed by atoms with Crippen LogP contribution in [0.15, 0.2) is 67.3 Å². The van der Waals surface area contributed by atoms with Crippen molar-refractivity contribution in [3.05, 3.63) is 72.8 Å². The van der Waals surface area contributed by atoms with E-state index in [4.69, 9.17) is 9.47 Å². The second-order valence-electron chi connectivity index (χ2n) is 5.79. The molecule has 1 atom stereocenters. The van der Waals surface area contributed by atoms with Gasteiger partial charge in [0.25, 0.3) is 11.8 Å². The van der Waals surface area contributed by atoms with Gasteiger partial charge in [-0.2, -0.15) is 0 Å². The van der Waals surface area contributed by atoms with Crippen molar-refractivity contribution in [2.45, 2.75) is 13.0 Å². The molecule has 0 radical (unpaired) electrons. The fourth-order valence-electron chi connectivity index (χ4n) is 2.16. The summed E-state index contributed by atoms with van der Waals surface area (Å²) in [6.07, 6.45) is 0.557. The Kier molecular flexibility index (Phi) is 7.77. The van der Waals surface area contributed by atoms with Crippen molar-refractivity contribution in [3.8, 4) is 11.5 Å². The number of carbonyl (C=O) groups is 3. The van der Waals surface area contributed by atoms with Crippen LogP contribution in [0.1, 0.15) is 17.3 Å². The van der Waals surface area contributed by atoms with Gasteiger partial charge in [0.2, 0.25) is 0 Å². The molecule has 0 aliphatic rings. The molecule has 2 aromatic carbocycles. The molecular weight excluding hydrogens is 360 g/mol. The lowest BCUT2D eigenvalue weighted by Crippen LogP contribution is -2.38. The topological polar surface area (TPSA) is 93.7 Å². The zero-order valence-electron chi connectivity index (χ0n) is 15.5. The maximum atomic E-state index is 12.1. The molecule has 146 valence electrons. The maximum absolute atomic E-state index is 12.1. The molecule has 0 spiro atoms. The van der Waals surface area contributed by atoms with E-state index < -0.39 is 23.9 Å². The molecule has 0 heterocycles. The molecule has 2 rings (SSSR count). The smallest absolute Gasteiger partial charge is 0.326 e. The van der Waals surface area contributed by atoms with Crippen molar-refractivity contribution >= 4 is 17.8 Å². The Hall–Kier alpha value is -3.61. The molecule has 0 saturated heterocycles. The summed E-state index contributed by atoms with van der Waals surface area (Å²) < 4.78 is 10.6. The van der Waals surface area contributed by atoms with Gasteiger partial charge in [0.1, 0.15) is 18.0 Å². The summed E-state index contributed by atoms with van der Waals surface area (Å²) in [6, 6.07) is 15.8. The van der Waals surface area contributed by atoms with Crippen molar-refractivity contribution in [2.24, 2.45) is 0 Å². The molecule has 7 heteroatoms. The van der Waals surface area contributed by atoms with E-state index in [9.17, 15) is 14.4 Å². The highest BCUT2D eigenvalue weighted by molar-refractivity contribution is 5.96. The molecule has 0 aromatic heterocycles. The SMILES string of the molecule is C=CCNC(=O)C(C)OC(=O)CNC(=O)c1ccc(Oc2ccccc2)cc1. The van der Waals surface area contributed by atoms with E-state index in [0.717, 1.165) is 0 Å². The van der Waals surface area contributed by atoms with Crippen LogP contribution in [0.25, 0.3) is 0 Å². The van der Waals surface area contributed by atoms with Gasteiger partial charge in [-0.25, -0.2) is 0 Å². The minimum Gasteiger partial charge on any atom is -0.457 e. The lowest BCUT2D eigenvalue weighted by Gasteiger charge is -2.13. The van der Waals surface area contributed by atoms with Crippen LogP contribution in [0.4, 0.5) is 0 Å². The second kappa shape index (κ2) is 10.5. The van der Waals surface area contributed by atoms with Gasteiger partial charge in [-0.1, -0.05) is 24.3 Å². The van der Waals surface area contributed by atoms with E-state index in [2.05, 4.69) is 17.2 Å². The average Bonchev–Trinajstić information content (AvgIpc) is 2.71. The third kappa shape index (κ3) is 6.60. The highest BCUT2D eigenvalue weighted by atomic mass is 16.5. The summed E-state index contributed by atoms with van der Waals surface area (Å²) in [5.74, 6) is -0.311. The first-order valence-electron chi connectivity index (χ1n) is 8.69. The summed E-state index contributed by atoms with van der Waals surface area (Å²) in [7, 11) is 0. The maximum Gasteiger partial charge on any atom is 0.326 e. The van der Waals surface area contributed by atoms with E-state index in [0.29, 0.717) is 17.1 Å². The number of carbonyl (C=O) groups excluding carboxylic acids is 3. The number of benzene rings is 2. The van der Waals surface area contributed by atoms with Crippen molar-refractivity contribution in [3.63, 3.8) is 0 Å². The fourth-order valence-corrected chi connectivity index (χ4v) is 2.16. The minimum atomic E-state index is -0.959. The quantitative estimate of drug-likeness (QED) is 0.513. The van der Waals surface area contributed by atoms with Gasteiger partial charge in [0.05, 0.1) is 0 Å². The monoisotopic (exact) mass is 382 g/mol. The molecule has 0 aliphatic carbocycles. The summed E-state index contributed by atoms with van der Waals surface area (Å²) in [5.41, 5.74) is 0.366. The van der Waals surface area contributed by atoms with Crippen molar-refractivity contribution < 1.29 is 23.9 Å². The number of rotatable bonds is 9. The van der Waals surface area contributed by atoms with Crippen molar-refractivity contribution in [2.75, 3.05) is 13.1 Å². The number of esters is 1. The van der Waals surface area contributed by atoms with E-state index in [1.54, 1.807) is 24.3 Å². The standard InChI is InChI=1S/C21H22N2O5/c1-3-13-22-20(25)15(2)27-19(24)14-23-21(26)16-9-11-18(12-10-16)28-17-7-5-4-6-8-17/h3-12,15H,1,13-14H2,2H3,(H,22,25)(H,23,26). The second-order valence-corrected chi connectivity index (χ2v) is 5.79. The summed E-state index contributed by atoms with van der Waals surface area (Å²) in [5, 5.41) is 4.97. The van der Waals surface area contributed by atoms with Gasteiger partial charge in [0, 0.05) is 12.1 Å². The Labute approximate surface area is 163 Å². The first kappa shape index (κ1) is 20.7. The van der Waals surface area contributed by atoms with Crippen LogP contribution in [0, 0.1) is 0 Å². The molecule has 7 nitrogen and oxygen atoms in total. The molecule has 2 aromatic rings. The fraction of sp³-hybridized carbons (Fsp3) is 0.190. The van der Waals surface area contributed by atoms with Crippen LogP contribution in [0.2, 0.25) is 0 Å². The number of para-hydroxylation sites is 1. The largest absolute Gasteiger partial charge is 0.457 e. The van der Waals surface area contributed by atoms with Gasteiger partial charge in [-0.05, 0) is 43.3 Å². The molecular formula is C21H22N2O5. The Morgan fingerprint density at radius 3 is 2.29 bits per heavy atom. The van der Waals surface area contributed by atoms with Crippen LogP contribution in [0.3, 0.4) is 0 Å². The minimum absolute atomic E-state index is 0.279. The van der Waals surface area contributed by atoms with Crippen LogP contribution in [-0.4, -0.2) is 37.0 Å². The average molecular weight is 382 g/mol. The van der Waals surface area contributed by atoms with E-state index in [1.807, 2.05) is 30.3 Å². The van der Waals surface area contributed by atoms with Crippen molar-refractivity contribution in [1.29, 1.82) is 0 Å². The van der Waals surface area contributed by atoms with Gasteiger partial charge in [-0.3, -0.25) is 14.4 Å². The zero-order valence-corrected chi connectivity index (χ0v) is 15.5. The number of nitrogens with one attached hydrogen (secondary N) is 2. The Morgan fingerprint density at radius 2 is 1.64 bits per heavy atom. The molecule has 0 saturated carbocycles. The first-order valence-corrected chi connectivity index (χ1v) is 8.69. The Morgan fingerprint density at radius 1 is 1.00 bits per heavy atom. The Balaban J connectivity index is 1.80. The van der Waals surface area contributed by atoms with Crippen LogP contribution in [-0.2, 0) is 14.3 Å². The first-order chi connectivity index (χ1) is 13.5. The molecule has 28 heavy (non-hydrogen) atoms. The third-order valence-corrected chi connectivity index (χ3v) is 3.59. The summed E-state index contributed by atoms with van der Waals surface area (Å²) in [6.45, 7) is 4.86. The highest BCUT2D eigenvalue weighted by Crippen LogP contribution is 2.21. The van der Waals surface area contributed by atoms with Gasteiger partial charge in [-0.15, -0.1) is 6.58 Å². The van der Waals surface area contributed by atoms with Crippen LogP contribution >= 0.6 is 0 Å². The Bertz CT molecular complexity index is 818. The van der Waals surface area contributed by atoms with Gasteiger partial charge < -0.3 is 20.1 Å². The van der Waals surface area contributed by atoms with Crippen molar-refractivity contribution in [1.82, 2.24) is 10.6 Å². The van der Waals surface area contributed by atoms with E-state index >= 15 is 0 Å². The molecule has 0 aliphatic heterocycles. The van der Waals surface area contributed by atoms with Crippen LogP contribution in [0.5, 0.6) is 11.5 Å². The molecule has 2 amide bonds. The van der Waals surface area contributed by atoms with E-state index in [1.165, 1.54) is 13.0 Å². The molecule has 0 fully saturated rings. The number of hydrogen-bond acceptors (Lipinski definition) is 5. The summed E-state index contributed by atoms with van der Waals surface area (Å²) >= 11 is 0. The predicted octanol–water partition coefficient (Wildman–Crippen LogP) is 2.44. The number of ether oxygens (including phenoxy) is 2. The normalized spacial score (nSPS) is 11.0. The summed E-state index contributed by atoms with van der Waals surface area (Å²) in [4.78, 5) is 35.5. The zero-order chi connectivity index (χ0) is 20.4. The molecule has 2 N–H and O–H groups in total. The number of hydrogen-bond donors (Lipinski definition) is 2. The lowest BCUT2D eigenvalue weighted by molar-refractivity contribution is -0.153. The van der Waals surface area contributed by atoms with Gasteiger partial charge in [0.15, 0.2) is 6.10 Å². The number of amides is 2. The highest BCUT2D eigenvalue weighted by Gasteiger charge is 2.17. The van der Waals surface area contributed by atoms with E-state index in [-0.39, 0.29) is 13.1 Å².